The molecule has 0 bridgehead atoms. The molecule has 0 fully saturated rings. The first-order valence-electron chi connectivity index (χ1n) is 7.14. The number of carbonyl (C=O) groups is 1. The lowest BCUT2D eigenvalue weighted by atomic mass is 10.1. The summed E-state index contributed by atoms with van der Waals surface area (Å²) in [6.45, 7) is 1.32. The highest BCUT2D eigenvalue weighted by molar-refractivity contribution is 5.92. The first-order valence-corrected chi connectivity index (χ1v) is 7.14. The van der Waals surface area contributed by atoms with Crippen LogP contribution in [0.25, 0.3) is 6.08 Å². The second-order valence-electron chi connectivity index (χ2n) is 5.43. The Hall–Kier alpha value is -2.89. The number of hydrogen-bond acceptors (Lipinski definition) is 3. The zero-order chi connectivity index (χ0) is 17.9. The molecule has 0 atom stereocenters. The highest BCUT2D eigenvalue weighted by Crippen LogP contribution is 2.31. The summed E-state index contributed by atoms with van der Waals surface area (Å²) in [7, 11) is 3.71. The molecule has 1 N–H and O–H groups in total. The number of nitrogens with zero attached hydrogens (tertiary/aromatic N) is 1. The van der Waals surface area contributed by atoms with E-state index in [1.165, 1.54) is 6.92 Å². The van der Waals surface area contributed by atoms with Crippen molar-refractivity contribution in [2.75, 3.05) is 19.0 Å². The molecule has 0 aromatic heterocycles. The van der Waals surface area contributed by atoms with Crippen LogP contribution in [0, 0.1) is 11.6 Å². The third kappa shape index (κ3) is 4.10. The molecule has 0 saturated heterocycles. The monoisotopic (exact) mass is 333 g/mol. The molecule has 0 radical (unpaired) electrons. The van der Waals surface area contributed by atoms with E-state index in [4.69, 9.17) is 9.84 Å². The number of aliphatic carboxylic acids is 1. The van der Waals surface area contributed by atoms with Crippen molar-refractivity contribution in [3.8, 4) is 11.5 Å². The first kappa shape index (κ1) is 17.5. The normalized spacial score (nSPS) is 11.3. The number of rotatable bonds is 5. The standard InChI is InChI=1S/C18H17F2NO3/c1-11(18(22)23)7-15-16(20)8-12(19)9-17(15)24-14-6-4-5-13(10-14)21(2)3/h4-10H,1-3H3,(H,22,23). The topological polar surface area (TPSA) is 49.8 Å². The minimum atomic E-state index is -1.20. The number of carboxylic acids is 1. The van der Waals surface area contributed by atoms with Crippen LogP contribution in [0.15, 0.2) is 42.0 Å². The van der Waals surface area contributed by atoms with Crippen molar-refractivity contribution >= 4 is 17.7 Å². The Morgan fingerprint density at radius 3 is 2.54 bits per heavy atom. The molecular weight excluding hydrogens is 316 g/mol. The highest BCUT2D eigenvalue weighted by atomic mass is 19.1. The molecule has 0 amide bonds. The summed E-state index contributed by atoms with van der Waals surface area (Å²) in [6, 6.07) is 8.66. The quantitative estimate of drug-likeness (QED) is 0.828. The van der Waals surface area contributed by atoms with Crippen molar-refractivity contribution < 1.29 is 23.4 Å². The van der Waals surface area contributed by atoms with Gasteiger partial charge in [-0.15, -0.1) is 0 Å². The molecule has 0 aliphatic rings. The number of benzene rings is 2. The van der Waals surface area contributed by atoms with Gasteiger partial charge in [0.1, 0.15) is 23.1 Å². The van der Waals surface area contributed by atoms with E-state index in [9.17, 15) is 13.6 Å². The smallest absolute Gasteiger partial charge is 0.331 e. The molecule has 2 aromatic carbocycles. The zero-order valence-corrected chi connectivity index (χ0v) is 13.5. The summed E-state index contributed by atoms with van der Waals surface area (Å²) in [5.41, 5.74) is 0.641. The second kappa shape index (κ2) is 7.12. The molecule has 0 spiro atoms. The van der Waals surface area contributed by atoms with Gasteiger partial charge in [-0.3, -0.25) is 0 Å². The molecule has 0 heterocycles. The molecule has 126 valence electrons. The third-order valence-electron chi connectivity index (χ3n) is 3.32. The van der Waals surface area contributed by atoms with Gasteiger partial charge in [0.2, 0.25) is 0 Å². The van der Waals surface area contributed by atoms with E-state index < -0.39 is 17.6 Å². The molecule has 4 nitrogen and oxygen atoms in total. The maximum Gasteiger partial charge on any atom is 0.331 e. The van der Waals surface area contributed by atoms with Gasteiger partial charge in [0, 0.05) is 43.6 Å². The van der Waals surface area contributed by atoms with Gasteiger partial charge in [0.25, 0.3) is 0 Å². The van der Waals surface area contributed by atoms with E-state index in [2.05, 4.69) is 0 Å². The van der Waals surface area contributed by atoms with Crippen LogP contribution in [0.1, 0.15) is 12.5 Å². The summed E-state index contributed by atoms with van der Waals surface area (Å²) < 4.78 is 33.2. The number of anilines is 1. The number of halogens is 2. The number of hydrogen-bond donors (Lipinski definition) is 1. The fourth-order valence-corrected chi connectivity index (χ4v) is 2.02. The van der Waals surface area contributed by atoms with Crippen molar-refractivity contribution in [2.45, 2.75) is 6.92 Å². The van der Waals surface area contributed by atoms with Crippen LogP contribution in [0.2, 0.25) is 0 Å². The predicted octanol–water partition coefficient (Wildman–Crippen LogP) is 4.31. The lowest BCUT2D eigenvalue weighted by Gasteiger charge is -2.15. The van der Waals surface area contributed by atoms with E-state index in [1.807, 2.05) is 25.1 Å². The molecule has 0 unspecified atom stereocenters. The van der Waals surface area contributed by atoms with Gasteiger partial charge in [-0.2, -0.15) is 0 Å². The Morgan fingerprint density at radius 1 is 1.21 bits per heavy atom. The third-order valence-corrected chi connectivity index (χ3v) is 3.32. The second-order valence-corrected chi connectivity index (χ2v) is 5.43. The van der Waals surface area contributed by atoms with E-state index in [0.717, 1.165) is 17.8 Å². The molecule has 6 heteroatoms. The van der Waals surface area contributed by atoms with Gasteiger partial charge in [0.15, 0.2) is 0 Å². The Morgan fingerprint density at radius 2 is 1.92 bits per heavy atom. The average Bonchev–Trinajstić information content (AvgIpc) is 2.50. The number of carboxylic acid groups (broad SMARTS) is 1. The fourth-order valence-electron chi connectivity index (χ4n) is 2.02. The van der Waals surface area contributed by atoms with Gasteiger partial charge in [-0.1, -0.05) is 6.07 Å². The van der Waals surface area contributed by atoms with Crippen LogP contribution in [0.4, 0.5) is 14.5 Å². The summed E-state index contributed by atoms with van der Waals surface area (Å²) in [6.07, 6.45) is 1.11. The summed E-state index contributed by atoms with van der Waals surface area (Å²) in [5.74, 6) is -2.61. The van der Waals surface area contributed by atoms with Crippen LogP contribution in [-0.4, -0.2) is 25.2 Å². The van der Waals surface area contributed by atoms with E-state index in [0.29, 0.717) is 11.8 Å². The van der Waals surface area contributed by atoms with Crippen molar-refractivity contribution in [3.63, 3.8) is 0 Å². The van der Waals surface area contributed by atoms with Gasteiger partial charge in [-0.05, 0) is 25.1 Å². The van der Waals surface area contributed by atoms with Crippen LogP contribution < -0.4 is 9.64 Å². The maximum absolute atomic E-state index is 14.1. The van der Waals surface area contributed by atoms with Crippen LogP contribution in [0.5, 0.6) is 11.5 Å². The SMILES string of the molecule is CC(=Cc1c(F)cc(F)cc1Oc1cccc(N(C)C)c1)C(=O)O. The van der Waals surface area contributed by atoms with E-state index >= 15 is 0 Å². The molecule has 24 heavy (non-hydrogen) atoms. The van der Waals surface area contributed by atoms with Crippen molar-refractivity contribution in [1.29, 1.82) is 0 Å². The van der Waals surface area contributed by atoms with Gasteiger partial charge >= 0.3 is 5.97 Å². The first-order chi connectivity index (χ1) is 11.3. The van der Waals surface area contributed by atoms with Gasteiger partial charge in [-0.25, -0.2) is 13.6 Å². The summed E-state index contributed by atoms with van der Waals surface area (Å²) >= 11 is 0. The Bertz CT molecular complexity index is 801. The Kier molecular flexibility index (Phi) is 5.18. The molecule has 2 aromatic rings. The summed E-state index contributed by atoms with van der Waals surface area (Å²) in [5, 5.41) is 8.96. The largest absolute Gasteiger partial charge is 0.478 e. The minimum Gasteiger partial charge on any atom is -0.478 e. The van der Waals surface area contributed by atoms with Crippen molar-refractivity contribution in [3.05, 3.63) is 59.2 Å². The fraction of sp³-hybridized carbons (Fsp3) is 0.167. The summed E-state index contributed by atoms with van der Waals surface area (Å²) in [4.78, 5) is 12.8. The minimum absolute atomic E-state index is 0.0904. The number of ether oxygens (including phenoxy) is 1. The lowest BCUT2D eigenvalue weighted by Crippen LogP contribution is -2.08. The Labute approximate surface area is 138 Å². The van der Waals surface area contributed by atoms with Gasteiger partial charge in [0.05, 0.1) is 5.56 Å². The average molecular weight is 333 g/mol. The van der Waals surface area contributed by atoms with E-state index in [1.54, 1.807) is 18.2 Å². The van der Waals surface area contributed by atoms with Gasteiger partial charge < -0.3 is 14.7 Å². The highest BCUT2D eigenvalue weighted by Gasteiger charge is 2.14. The molecule has 0 saturated carbocycles. The molecule has 0 aliphatic carbocycles. The maximum atomic E-state index is 14.1. The van der Waals surface area contributed by atoms with Crippen molar-refractivity contribution in [1.82, 2.24) is 0 Å². The molecule has 0 aliphatic heterocycles. The van der Waals surface area contributed by atoms with Crippen LogP contribution in [0.3, 0.4) is 0 Å². The lowest BCUT2D eigenvalue weighted by molar-refractivity contribution is -0.132. The zero-order valence-electron chi connectivity index (χ0n) is 13.5. The van der Waals surface area contributed by atoms with E-state index in [-0.39, 0.29) is 16.9 Å². The van der Waals surface area contributed by atoms with Crippen LogP contribution in [-0.2, 0) is 4.79 Å². The molecule has 2 rings (SSSR count). The molecular formula is C18H17F2NO3. The van der Waals surface area contributed by atoms with Crippen LogP contribution >= 0.6 is 0 Å². The predicted molar refractivity (Wildman–Crippen MR) is 88.5 cm³/mol. The Balaban J connectivity index is 2.48. The van der Waals surface area contributed by atoms with Crippen molar-refractivity contribution in [2.24, 2.45) is 0 Å².